The van der Waals surface area contributed by atoms with Crippen LogP contribution in [0.4, 0.5) is 5.69 Å². The molecule has 2 aliphatic heterocycles. The number of anilines is 1. The van der Waals surface area contributed by atoms with Crippen molar-refractivity contribution in [3.63, 3.8) is 0 Å². The molecular formula is C19H27N3O2. The van der Waals surface area contributed by atoms with E-state index in [0.717, 1.165) is 38.0 Å². The number of carbonyl (C=O) groups excluding carboxylic acids is 2. The molecular weight excluding hydrogens is 302 g/mol. The van der Waals surface area contributed by atoms with Gasteiger partial charge in [0.05, 0.1) is 0 Å². The van der Waals surface area contributed by atoms with Gasteiger partial charge in [-0.25, -0.2) is 0 Å². The van der Waals surface area contributed by atoms with Crippen LogP contribution in [-0.2, 0) is 16.0 Å². The topological polar surface area (TPSA) is 66.6 Å². The average molecular weight is 329 g/mol. The molecule has 130 valence electrons. The highest BCUT2D eigenvalue weighted by Gasteiger charge is 2.25. The third-order valence-electron chi connectivity index (χ3n) is 5.17. The number of amides is 2. The summed E-state index contributed by atoms with van der Waals surface area (Å²) < 4.78 is 0. The van der Waals surface area contributed by atoms with Crippen LogP contribution < -0.4 is 10.6 Å². The lowest BCUT2D eigenvalue weighted by Crippen LogP contribution is -2.42. The van der Waals surface area contributed by atoms with E-state index in [-0.39, 0.29) is 11.8 Å². The Morgan fingerprint density at radius 3 is 2.92 bits per heavy atom. The summed E-state index contributed by atoms with van der Waals surface area (Å²) in [5.74, 6) is 0.812. The van der Waals surface area contributed by atoms with Crippen molar-refractivity contribution in [2.75, 3.05) is 31.1 Å². The number of nitrogens with zero attached hydrogens (tertiary/aromatic N) is 2. The van der Waals surface area contributed by atoms with Gasteiger partial charge in [0.25, 0.3) is 0 Å². The van der Waals surface area contributed by atoms with Gasteiger partial charge in [0.15, 0.2) is 0 Å². The molecule has 0 spiro atoms. The van der Waals surface area contributed by atoms with Crippen LogP contribution in [0.2, 0.25) is 0 Å². The molecule has 1 fully saturated rings. The van der Waals surface area contributed by atoms with Crippen molar-refractivity contribution in [1.82, 2.24) is 4.90 Å². The third-order valence-corrected chi connectivity index (χ3v) is 5.17. The van der Waals surface area contributed by atoms with Gasteiger partial charge in [0.1, 0.15) is 0 Å². The number of hydrogen-bond acceptors (Lipinski definition) is 3. The van der Waals surface area contributed by atoms with Gasteiger partial charge in [0, 0.05) is 38.2 Å². The Kier molecular flexibility index (Phi) is 5.51. The number of likely N-dealkylation sites (tertiary alicyclic amines) is 1. The number of nitrogens with two attached hydrogens (primary N) is 1. The number of piperidine rings is 1. The highest BCUT2D eigenvalue weighted by atomic mass is 16.2. The van der Waals surface area contributed by atoms with E-state index in [0.29, 0.717) is 38.3 Å². The fraction of sp³-hybridized carbons (Fsp3) is 0.579. The molecule has 0 aromatic heterocycles. The second kappa shape index (κ2) is 7.79. The molecule has 3 rings (SSSR count). The van der Waals surface area contributed by atoms with E-state index in [1.54, 1.807) is 0 Å². The zero-order valence-electron chi connectivity index (χ0n) is 14.2. The third kappa shape index (κ3) is 3.78. The second-order valence-corrected chi connectivity index (χ2v) is 6.86. The number of aryl methyl sites for hydroxylation is 1. The molecule has 5 nitrogen and oxygen atoms in total. The van der Waals surface area contributed by atoms with E-state index in [2.05, 4.69) is 6.07 Å². The number of fused-ring (bicyclic) bond motifs is 1. The van der Waals surface area contributed by atoms with Crippen molar-refractivity contribution >= 4 is 17.5 Å². The van der Waals surface area contributed by atoms with Crippen LogP contribution in [-0.4, -0.2) is 42.9 Å². The van der Waals surface area contributed by atoms with E-state index < -0.39 is 0 Å². The highest BCUT2D eigenvalue weighted by molar-refractivity contribution is 5.96. The lowest BCUT2D eigenvalue weighted by Gasteiger charge is -2.33. The van der Waals surface area contributed by atoms with Crippen molar-refractivity contribution < 1.29 is 9.59 Å². The maximum absolute atomic E-state index is 12.4. The molecule has 1 unspecified atom stereocenters. The summed E-state index contributed by atoms with van der Waals surface area (Å²) in [5.41, 5.74) is 7.98. The van der Waals surface area contributed by atoms with Gasteiger partial charge in [-0.1, -0.05) is 18.2 Å². The fourth-order valence-electron chi connectivity index (χ4n) is 3.77. The number of hydrogen-bond donors (Lipinski definition) is 1. The molecule has 24 heavy (non-hydrogen) atoms. The number of rotatable bonds is 5. The molecule has 0 radical (unpaired) electrons. The molecule has 1 aromatic carbocycles. The summed E-state index contributed by atoms with van der Waals surface area (Å²) in [7, 11) is 0. The Labute approximate surface area is 143 Å². The van der Waals surface area contributed by atoms with Crippen LogP contribution in [0.15, 0.2) is 24.3 Å². The molecule has 0 aliphatic carbocycles. The van der Waals surface area contributed by atoms with Crippen LogP contribution in [0.1, 0.15) is 37.7 Å². The quantitative estimate of drug-likeness (QED) is 0.898. The summed E-state index contributed by atoms with van der Waals surface area (Å²) in [6.07, 6.45) is 4.77. The summed E-state index contributed by atoms with van der Waals surface area (Å²) in [4.78, 5) is 28.4. The predicted octanol–water partition coefficient (Wildman–Crippen LogP) is 1.94. The standard InChI is InChI=1S/C19H27N3O2/c20-13-15-5-3-11-21(14-15)18(23)8-4-12-22-17-7-2-1-6-16(17)9-10-19(22)24/h1-2,6-7,15H,3-5,8-14,20H2. The number of carbonyl (C=O) groups is 2. The Hall–Kier alpha value is -1.88. The van der Waals surface area contributed by atoms with E-state index in [9.17, 15) is 9.59 Å². The van der Waals surface area contributed by atoms with E-state index in [1.807, 2.05) is 28.0 Å². The molecule has 1 aromatic rings. The first-order valence-electron chi connectivity index (χ1n) is 9.05. The minimum absolute atomic E-state index is 0.169. The van der Waals surface area contributed by atoms with Crippen molar-refractivity contribution in [2.45, 2.75) is 38.5 Å². The minimum atomic E-state index is 0.169. The van der Waals surface area contributed by atoms with Crippen LogP contribution in [0.5, 0.6) is 0 Å². The zero-order valence-corrected chi connectivity index (χ0v) is 14.2. The normalized spacial score (nSPS) is 20.9. The van der Waals surface area contributed by atoms with Crippen LogP contribution in [0.25, 0.3) is 0 Å². The Balaban J connectivity index is 1.53. The van der Waals surface area contributed by atoms with Crippen LogP contribution in [0.3, 0.4) is 0 Å². The fourth-order valence-corrected chi connectivity index (χ4v) is 3.77. The number of para-hydroxylation sites is 1. The lowest BCUT2D eigenvalue weighted by molar-refractivity contribution is -0.133. The van der Waals surface area contributed by atoms with Crippen molar-refractivity contribution in [1.29, 1.82) is 0 Å². The van der Waals surface area contributed by atoms with E-state index in [1.165, 1.54) is 5.56 Å². The second-order valence-electron chi connectivity index (χ2n) is 6.86. The summed E-state index contributed by atoms with van der Waals surface area (Å²) in [6, 6.07) is 8.07. The Bertz CT molecular complexity index is 602. The molecule has 2 heterocycles. The molecule has 0 saturated carbocycles. The minimum Gasteiger partial charge on any atom is -0.342 e. The van der Waals surface area contributed by atoms with Gasteiger partial charge in [-0.2, -0.15) is 0 Å². The van der Waals surface area contributed by atoms with E-state index >= 15 is 0 Å². The van der Waals surface area contributed by atoms with E-state index in [4.69, 9.17) is 5.73 Å². The van der Waals surface area contributed by atoms with Crippen LogP contribution >= 0.6 is 0 Å². The maximum Gasteiger partial charge on any atom is 0.227 e. The largest absolute Gasteiger partial charge is 0.342 e. The monoisotopic (exact) mass is 329 g/mol. The molecule has 1 saturated heterocycles. The van der Waals surface area contributed by atoms with Crippen molar-refractivity contribution in [2.24, 2.45) is 11.7 Å². The van der Waals surface area contributed by atoms with Gasteiger partial charge in [0.2, 0.25) is 11.8 Å². The first-order valence-corrected chi connectivity index (χ1v) is 9.05. The summed E-state index contributed by atoms with van der Waals surface area (Å²) >= 11 is 0. The smallest absolute Gasteiger partial charge is 0.227 e. The van der Waals surface area contributed by atoms with Crippen molar-refractivity contribution in [3.05, 3.63) is 29.8 Å². The molecule has 2 aliphatic rings. The summed E-state index contributed by atoms with van der Waals surface area (Å²) in [5, 5.41) is 0. The summed E-state index contributed by atoms with van der Waals surface area (Å²) in [6.45, 7) is 2.92. The highest BCUT2D eigenvalue weighted by Crippen LogP contribution is 2.27. The molecule has 2 amide bonds. The van der Waals surface area contributed by atoms with Gasteiger partial charge in [-0.05, 0) is 49.8 Å². The first-order chi connectivity index (χ1) is 11.7. The molecule has 2 N–H and O–H groups in total. The maximum atomic E-state index is 12.4. The van der Waals surface area contributed by atoms with Gasteiger partial charge >= 0.3 is 0 Å². The van der Waals surface area contributed by atoms with Crippen LogP contribution in [0, 0.1) is 5.92 Å². The lowest BCUT2D eigenvalue weighted by atomic mass is 9.98. The van der Waals surface area contributed by atoms with Crippen molar-refractivity contribution in [3.8, 4) is 0 Å². The number of benzene rings is 1. The predicted molar refractivity (Wildman–Crippen MR) is 94.7 cm³/mol. The molecule has 1 atom stereocenters. The van der Waals surface area contributed by atoms with Gasteiger partial charge in [-0.15, -0.1) is 0 Å². The Morgan fingerprint density at radius 2 is 2.08 bits per heavy atom. The zero-order chi connectivity index (χ0) is 16.9. The SMILES string of the molecule is NCC1CCCN(C(=O)CCCN2C(=O)CCc3ccccc32)C1. The van der Waals surface area contributed by atoms with Gasteiger partial charge in [-0.3, -0.25) is 9.59 Å². The average Bonchev–Trinajstić information content (AvgIpc) is 2.63. The van der Waals surface area contributed by atoms with Gasteiger partial charge < -0.3 is 15.5 Å². The Morgan fingerprint density at radius 1 is 1.25 bits per heavy atom. The first kappa shape index (κ1) is 17.0. The molecule has 0 bridgehead atoms. The molecule has 5 heteroatoms.